The first-order valence-corrected chi connectivity index (χ1v) is 12.9. The highest BCUT2D eigenvalue weighted by molar-refractivity contribution is 6.07. The number of hydrogen-bond acceptors (Lipinski definition) is 4. The molecule has 0 radical (unpaired) electrons. The first kappa shape index (κ1) is 26.0. The number of amides is 1. The summed E-state index contributed by atoms with van der Waals surface area (Å²) in [6, 6.07) is 18.2. The van der Waals surface area contributed by atoms with Crippen LogP contribution < -0.4 is 0 Å². The van der Waals surface area contributed by atoms with Gasteiger partial charge in [-0.3, -0.25) is 4.79 Å². The van der Waals surface area contributed by atoms with Crippen LogP contribution in [0.1, 0.15) is 67.9 Å². The number of rotatable bonds is 10. The minimum Gasteiger partial charge on any atom is -0.327 e. The molecule has 2 aromatic carbocycles. The van der Waals surface area contributed by atoms with E-state index in [9.17, 15) is 14.9 Å². The van der Waals surface area contributed by atoms with Gasteiger partial charge in [0.25, 0.3) is 0 Å². The van der Waals surface area contributed by atoms with Crippen molar-refractivity contribution in [3.05, 3.63) is 82.9 Å². The summed E-state index contributed by atoms with van der Waals surface area (Å²) in [7, 11) is 0. The summed E-state index contributed by atoms with van der Waals surface area (Å²) in [5.74, 6) is 0.845. The van der Waals surface area contributed by atoms with Crippen LogP contribution in [0, 0.1) is 17.2 Å². The SMILES string of the molecule is CCCCc1nc2c(n1Cc1ccc(-c3ccccc3C#N)cc1)CC(=NC(=O)CC(C)CC=O)C=C2. The third-order valence-electron chi connectivity index (χ3n) is 6.66. The molecule has 1 aromatic heterocycles. The van der Waals surface area contributed by atoms with Crippen molar-refractivity contribution in [2.45, 2.75) is 58.9 Å². The molecule has 6 heteroatoms. The van der Waals surface area contributed by atoms with E-state index in [1.165, 1.54) is 0 Å². The maximum Gasteiger partial charge on any atom is 0.246 e. The van der Waals surface area contributed by atoms with Crippen molar-refractivity contribution >= 4 is 24.0 Å². The maximum atomic E-state index is 12.4. The van der Waals surface area contributed by atoms with Gasteiger partial charge in [-0.15, -0.1) is 0 Å². The molecule has 6 nitrogen and oxygen atoms in total. The Kier molecular flexibility index (Phi) is 8.58. The van der Waals surface area contributed by atoms with E-state index < -0.39 is 0 Å². The minimum absolute atomic E-state index is 0.00764. The van der Waals surface area contributed by atoms with Gasteiger partial charge in [0.1, 0.15) is 12.1 Å². The van der Waals surface area contributed by atoms with Gasteiger partial charge >= 0.3 is 0 Å². The van der Waals surface area contributed by atoms with Crippen molar-refractivity contribution in [1.82, 2.24) is 9.55 Å². The number of benzene rings is 2. The van der Waals surface area contributed by atoms with Gasteiger partial charge in [-0.1, -0.05) is 62.7 Å². The highest BCUT2D eigenvalue weighted by atomic mass is 16.1. The number of aldehydes is 1. The average molecular weight is 493 g/mol. The van der Waals surface area contributed by atoms with Gasteiger partial charge < -0.3 is 9.36 Å². The van der Waals surface area contributed by atoms with Crippen LogP contribution in [0.15, 0.2) is 59.6 Å². The number of aliphatic imine (C=N–C) groups is 1. The predicted octanol–water partition coefficient (Wildman–Crippen LogP) is 5.96. The number of allylic oxidation sites excluding steroid dienone is 1. The molecule has 1 unspecified atom stereocenters. The number of carbonyl (C=O) groups is 2. The molecule has 0 bridgehead atoms. The fourth-order valence-electron chi connectivity index (χ4n) is 4.63. The largest absolute Gasteiger partial charge is 0.327 e. The Bertz CT molecular complexity index is 1370. The molecule has 37 heavy (non-hydrogen) atoms. The monoisotopic (exact) mass is 492 g/mol. The van der Waals surface area contributed by atoms with Crippen LogP contribution in [0.5, 0.6) is 0 Å². The smallest absolute Gasteiger partial charge is 0.246 e. The predicted molar refractivity (Wildman–Crippen MR) is 146 cm³/mol. The first-order valence-electron chi connectivity index (χ1n) is 12.9. The topological polar surface area (TPSA) is 88.1 Å². The van der Waals surface area contributed by atoms with E-state index in [0.717, 1.165) is 65.2 Å². The second-order valence-electron chi connectivity index (χ2n) is 9.62. The van der Waals surface area contributed by atoms with E-state index in [-0.39, 0.29) is 18.2 Å². The minimum atomic E-state index is -0.192. The summed E-state index contributed by atoms with van der Waals surface area (Å²) in [5, 5.41) is 9.45. The normalized spacial score (nSPS) is 14.2. The Morgan fingerprint density at radius 2 is 1.97 bits per heavy atom. The molecule has 0 N–H and O–H groups in total. The summed E-state index contributed by atoms with van der Waals surface area (Å²) in [5.41, 5.74) is 6.48. The van der Waals surface area contributed by atoms with Crippen molar-refractivity contribution in [2.24, 2.45) is 10.9 Å². The second kappa shape index (κ2) is 12.2. The molecule has 1 atom stereocenters. The number of nitriles is 1. The van der Waals surface area contributed by atoms with Crippen molar-refractivity contribution in [3.8, 4) is 17.2 Å². The number of hydrogen-bond donors (Lipinski definition) is 0. The molecule has 4 rings (SSSR count). The zero-order chi connectivity index (χ0) is 26.2. The maximum absolute atomic E-state index is 12.4. The van der Waals surface area contributed by atoms with E-state index in [0.29, 0.717) is 24.9 Å². The van der Waals surface area contributed by atoms with Gasteiger partial charge in [0.15, 0.2) is 0 Å². The second-order valence-corrected chi connectivity index (χ2v) is 9.62. The molecule has 3 aromatic rings. The Morgan fingerprint density at radius 3 is 2.70 bits per heavy atom. The Hall–Kier alpha value is -4.11. The summed E-state index contributed by atoms with van der Waals surface area (Å²) in [4.78, 5) is 32.4. The summed E-state index contributed by atoms with van der Waals surface area (Å²) >= 11 is 0. The highest BCUT2D eigenvalue weighted by Gasteiger charge is 2.21. The van der Waals surface area contributed by atoms with Gasteiger partial charge in [0.05, 0.1) is 28.7 Å². The quantitative estimate of drug-likeness (QED) is 0.327. The zero-order valence-corrected chi connectivity index (χ0v) is 21.5. The Labute approximate surface area is 218 Å². The molecule has 0 saturated carbocycles. The van der Waals surface area contributed by atoms with Crippen LogP contribution in [0.4, 0.5) is 0 Å². The zero-order valence-electron chi connectivity index (χ0n) is 21.5. The fourth-order valence-corrected chi connectivity index (χ4v) is 4.63. The van der Waals surface area contributed by atoms with Crippen LogP contribution in [0.2, 0.25) is 0 Å². The number of imidazole rings is 1. The number of aryl methyl sites for hydroxylation is 1. The number of nitrogens with zero attached hydrogens (tertiary/aromatic N) is 4. The lowest BCUT2D eigenvalue weighted by molar-refractivity contribution is -0.118. The molecule has 1 aliphatic rings. The van der Waals surface area contributed by atoms with Crippen molar-refractivity contribution in [1.29, 1.82) is 5.26 Å². The lowest BCUT2D eigenvalue weighted by Gasteiger charge is -2.15. The van der Waals surface area contributed by atoms with Crippen LogP contribution in [0.3, 0.4) is 0 Å². The fraction of sp³-hybridized carbons (Fsp3) is 0.323. The van der Waals surface area contributed by atoms with E-state index >= 15 is 0 Å². The van der Waals surface area contributed by atoms with E-state index in [2.05, 4.69) is 46.8 Å². The van der Waals surface area contributed by atoms with Gasteiger partial charge in [0.2, 0.25) is 5.91 Å². The van der Waals surface area contributed by atoms with E-state index in [1.54, 1.807) is 0 Å². The number of carbonyl (C=O) groups excluding carboxylic acids is 2. The highest BCUT2D eigenvalue weighted by Crippen LogP contribution is 2.26. The van der Waals surface area contributed by atoms with Crippen molar-refractivity contribution in [3.63, 3.8) is 0 Å². The third kappa shape index (κ3) is 6.37. The van der Waals surface area contributed by atoms with Crippen LogP contribution in [-0.2, 0) is 29.0 Å². The molecule has 1 heterocycles. The van der Waals surface area contributed by atoms with Gasteiger partial charge in [-0.2, -0.15) is 5.26 Å². The van der Waals surface area contributed by atoms with E-state index in [1.807, 2.05) is 43.3 Å². The van der Waals surface area contributed by atoms with Crippen LogP contribution in [-0.4, -0.2) is 27.5 Å². The third-order valence-corrected chi connectivity index (χ3v) is 6.66. The van der Waals surface area contributed by atoms with Gasteiger partial charge in [-0.05, 0) is 47.2 Å². The van der Waals surface area contributed by atoms with Crippen molar-refractivity contribution < 1.29 is 9.59 Å². The lowest BCUT2D eigenvalue weighted by Crippen LogP contribution is -2.15. The summed E-state index contributed by atoms with van der Waals surface area (Å²) in [6.45, 7) is 4.74. The Morgan fingerprint density at radius 1 is 1.19 bits per heavy atom. The summed E-state index contributed by atoms with van der Waals surface area (Å²) in [6.07, 6.45) is 8.89. The van der Waals surface area contributed by atoms with Gasteiger partial charge in [-0.25, -0.2) is 9.98 Å². The molecule has 188 valence electrons. The molecule has 1 aliphatic carbocycles. The molecular formula is C31H32N4O2. The van der Waals surface area contributed by atoms with Crippen LogP contribution in [0.25, 0.3) is 17.2 Å². The van der Waals surface area contributed by atoms with E-state index in [4.69, 9.17) is 4.98 Å². The number of unbranched alkanes of at least 4 members (excludes halogenated alkanes) is 1. The Balaban J connectivity index is 1.58. The van der Waals surface area contributed by atoms with Gasteiger partial charge in [0, 0.05) is 32.2 Å². The number of fused-ring (bicyclic) bond motifs is 1. The van der Waals surface area contributed by atoms with Crippen molar-refractivity contribution in [2.75, 3.05) is 0 Å². The molecular weight excluding hydrogens is 460 g/mol. The molecule has 1 amide bonds. The molecule has 0 saturated heterocycles. The lowest BCUT2D eigenvalue weighted by atomic mass is 9.99. The molecule has 0 fully saturated rings. The first-order chi connectivity index (χ1) is 18.0. The summed E-state index contributed by atoms with van der Waals surface area (Å²) < 4.78 is 2.27. The standard InChI is InChI=1S/C31H32N4O2/c1-3-4-9-30-34-28-15-14-26(33-31(37)18-22(2)16-17-36)19-29(28)35(30)21-23-10-12-24(13-11-23)27-8-6-5-7-25(27)20-32/h5-8,10-15,17,22H,3-4,9,16,18-19,21H2,1-2H3. The molecule has 0 spiro atoms. The number of aromatic nitrogens is 2. The van der Waals surface area contributed by atoms with Crippen LogP contribution >= 0.6 is 0 Å². The molecule has 0 aliphatic heterocycles. The average Bonchev–Trinajstić information content (AvgIpc) is 3.24.